The van der Waals surface area contributed by atoms with Crippen LogP contribution < -0.4 is 29.1 Å². The van der Waals surface area contributed by atoms with E-state index in [1.165, 1.54) is 6.21 Å². The van der Waals surface area contributed by atoms with Gasteiger partial charge in [-0.25, -0.2) is 5.43 Å². The Kier molecular flexibility index (Phi) is 9.42. The molecule has 3 aromatic carbocycles. The molecule has 0 aliphatic carbocycles. The van der Waals surface area contributed by atoms with Crippen LogP contribution in [0.2, 0.25) is 0 Å². The zero-order valence-corrected chi connectivity index (χ0v) is 21.5. The van der Waals surface area contributed by atoms with E-state index in [4.69, 9.17) is 23.7 Å². The van der Waals surface area contributed by atoms with E-state index in [9.17, 15) is 9.90 Å². The van der Waals surface area contributed by atoms with Crippen LogP contribution in [0.4, 0.5) is 0 Å². The fourth-order valence-electron chi connectivity index (χ4n) is 3.81. The lowest BCUT2D eigenvalue weighted by atomic mass is 10.0. The summed E-state index contributed by atoms with van der Waals surface area (Å²) in [6.07, 6.45) is 1.19. The van der Waals surface area contributed by atoms with Gasteiger partial charge in [0.25, 0.3) is 0 Å². The minimum atomic E-state index is -0.751. The summed E-state index contributed by atoms with van der Waals surface area (Å²) in [7, 11) is 0. The molecule has 0 aromatic heterocycles. The van der Waals surface area contributed by atoms with Crippen LogP contribution in [0.5, 0.6) is 28.7 Å². The van der Waals surface area contributed by atoms with Crippen LogP contribution in [-0.4, -0.2) is 37.2 Å². The zero-order chi connectivity index (χ0) is 26.7. The average molecular weight is 521 g/mol. The fraction of sp³-hybridized carbons (Fsp3) is 0.310. The molecular weight excluding hydrogens is 488 g/mol. The lowest BCUT2D eigenvalue weighted by Gasteiger charge is -2.13. The summed E-state index contributed by atoms with van der Waals surface area (Å²) < 4.78 is 27.9. The molecule has 1 atom stereocenters. The van der Waals surface area contributed by atoms with E-state index in [1.807, 2.05) is 38.1 Å². The number of rotatable bonds is 13. The molecular formula is C29H32N2O7. The Hall–Kier alpha value is -4.24. The lowest BCUT2D eigenvalue weighted by Crippen LogP contribution is -2.18. The van der Waals surface area contributed by atoms with Crippen LogP contribution in [0.1, 0.15) is 49.5 Å². The van der Waals surface area contributed by atoms with Crippen LogP contribution in [-0.2, 0) is 11.4 Å². The van der Waals surface area contributed by atoms with Crippen molar-refractivity contribution in [2.24, 2.45) is 5.10 Å². The smallest absolute Gasteiger partial charge is 0.240 e. The van der Waals surface area contributed by atoms with Crippen molar-refractivity contribution in [3.63, 3.8) is 0 Å². The molecule has 9 heteroatoms. The highest BCUT2D eigenvalue weighted by atomic mass is 16.7. The SMILES string of the molecule is CCOc1ccc([C@H](O)CCC(=O)N/N=C\c2ccc(OCc3ccc4c(c3)OCO4)c(OCC)c2)cc1. The van der Waals surface area contributed by atoms with Crippen LogP contribution in [0, 0.1) is 0 Å². The van der Waals surface area contributed by atoms with Gasteiger partial charge in [0.15, 0.2) is 23.0 Å². The predicted molar refractivity (Wildman–Crippen MR) is 142 cm³/mol. The van der Waals surface area contributed by atoms with E-state index in [1.54, 1.807) is 36.4 Å². The van der Waals surface area contributed by atoms with Crippen molar-refractivity contribution in [2.45, 2.75) is 39.4 Å². The van der Waals surface area contributed by atoms with Gasteiger partial charge in [0.2, 0.25) is 12.7 Å². The molecule has 200 valence electrons. The van der Waals surface area contributed by atoms with Crippen molar-refractivity contribution in [3.8, 4) is 28.7 Å². The van der Waals surface area contributed by atoms with Gasteiger partial charge in [-0.05, 0) is 79.4 Å². The molecule has 1 aliphatic rings. The zero-order valence-electron chi connectivity index (χ0n) is 21.5. The van der Waals surface area contributed by atoms with E-state index in [0.29, 0.717) is 37.1 Å². The second kappa shape index (κ2) is 13.3. The highest BCUT2D eigenvalue weighted by Crippen LogP contribution is 2.34. The quantitative estimate of drug-likeness (QED) is 0.247. The van der Waals surface area contributed by atoms with Crippen molar-refractivity contribution >= 4 is 12.1 Å². The fourth-order valence-corrected chi connectivity index (χ4v) is 3.81. The topological polar surface area (TPSA) is 108 Å². The first-order chi connectivity index (χ1) is 18.6. The minimum Gasteiger partial charge on any atom is -0.494 e. The monoisotopic (exact) mass is 520 g/mol. The summed E-state index contributed by atoms with van der Waals surface area (Å²) >= 11 is 0. The molecule has 1 aliphatic heterocycles. The molecule has 0 saturated carbocycles. The number of hydrazone groups is 1. The Morgan fingerprint density at radius 1 is 0.974 bits per heavy atom. The molecule has 9 nitrogen and oxygen atoms in total. The molecule has 3 aromatic rings. The molecule has 0 spiro atoms. The van der Waals surface area contributed by atoms with Gasteiger partial charge in [-0.1, -0.05) is 18.2 Å². The number of nitrogens with one attached hydrogen (secondary N) is 1. The van der Waals surface area contributed by atoms with Crippen molar-refractivity contribution in [3.05, 3.63) is 77.4 Å². The highest BCUT2D eigenvalue weighted by Gasteiger charge is 2.14. The van der Waals surface area contributed by atoms with Gasteiger partial charge in [-0.3, -0.25) is 4.79 Å². The van der Waals surface area contributed by atoms with Gasteiger partial charge in [-0.2, -0.15) is 5.10 Å². The minimum absolute atomic E-state index is 0.128. The Morgan fingerprint density at radius 2 is 1.76 bits per heavy atom. The maximum Gasteiger partial charge on any atom is 0.240 e. The standard InChI is InChI=1S/C29H32N2O7/c1-3-34-23-9-7-22(8-10-23)24(32)11-14-29(33)31-30-17-20-5-12-25(27(15-20)35-4-2)36-18-21-6-13-26-28(16-21)38-19-37-26/h5-10,12-13,15-17,24,32H,3-4,11,14,18-19H2,1-2H3,(H,31,33)/b30-17-/t24-/m1/s1. The third kappa shape index (κ3) is 7.39. The van der Waals surface area contributed by atoms with Crippen molar-refractivity contribution in [1.29, 1.82) is 0 Å². The molecule has 0 unspecified atom stereocenters. The van der Waals surface area contributed by atoms with Gasteiger partial charge < -0.3 is 28.8 Å². The lowest BCUT2D eigenvalue weighted by molar-refractivity contribution is -0.121. The van der Waals surface area contributed by atoms with Gasteiger partial charge in [0.05, 0.1) is 25.5 Å². The summed E-state index contributed by atoms with van der Waals surface area (Å²) in [6.45, 7) is 5.41. The van der Waals surface area contributed by atoms with E-state index < -0.39 is 6.10 Å². The molecule has 0 bridgehead atoms. The molecule has 0 saturated heterocycles. The maximum absolute atomic E-state index is 12.2. The molecule has 0 fully saturated rings. The number of nitrogens with zero attached hydrogens (tertiary/aromatic N) is 1. The number of benzene rings is 3. The number of hydrogen-bond acceptors (Lipinski definition) is 8. The number of ether oxygens (including phenoxy) is 5. The number of carbonyl (C=O) groups excluding carboxylic acids is 1. The summed E-state index contributed by atoms with van der Waals surface area (Å²) in [5, 5.41) is 14.4. The molecule has 2 N–H and O–H groups in total. The first-order valence-corrected chi connectivity index (χ1v) is 12.6. The number of hydrogen-bond donors (Lipinski definition) is 2. The Morgan fingerprint density at radius 3 is 2.55 bits per heavy atom. The molecule has 1 amide bonds. The second-order valence-corrected chi connectivity index (χ2v) is 8.47. The van der Waals surface area contributed by atoms with Crippen molar-refractivity contribution < 1.29 is 33.6 Å². The third-order valence-corrected chi connectivity index (χ3v) is 5.72. The third-order valence-electron chi connectivity index (χ3n) is 5.72. The Bertz CT molecular complexity index is 1240. The predicted octanol–water partition coefficient (Wildman–Crippen LogP) is 4.76. The van der Waals surface area contributed by atoms with Gasteiger partial charge in [0, 0.05) is 6.42 Å². The van der Waals surface area contributed by atoms with Crippen LogP contribution in [0.15, 0.2) is 65.8 Å². The van der Waals surface area contributed by atoms with Crippen molar-refractivity contribution in [1.82, 2.24) is 5.43 Å². The number of aliphatic hydroxyl groups is 1. The number of carbonyl (C=O) groups is 1. The van der Waals surface area contributed by atoms with E-state index in [2.05, 4.69) is 10.5 Å². The second-order valence-electron chi connectivity index (χ2n) is 8.47. The summed E-state index contributed by atoms with van der Waals surface area (Å²) in [5.41, 5.74) is 4.91. The van der Waals surface area contributed by atoms with Gasteiger partial charge in [-0.15, -0.1) is 0 Å². The van der Waals surface area contributed by atoms with Crippen LogP contribution in [0.25, 0.3) is 0 Å². The average Bonchev–Trinajstić information content (AvgIpc) is 3.40. The van der Waals surface area contributed by atoms with Crippen molar-refractivity contribution in [2.75, 3.05) is 20.0 Å². The van der Waals surface area contributed by atoms with E-state index in [-0.39, 0.29) is 25.5 Å². The van der Waals surface area contributed by atoms with Gasteiger partial charge >= 0.3 is 0 Å². The molecule has 38 heavy (non-hydrogen) atoms. The van der Waals surface area contributed by atoms with E-state index >= 15 is 0 Å². The van der Waals surface area contributed by atoms with Crippen LogP contribution >= 0.6 is 0 Å². The Balaban J connectivity index is 1.27. The Labute approximate surface area is 221 Å². The van der Waals surface area contributed by atoms with Crippen LogP contribution in [0.3, 0.4) is 0 Å². The number of aliphatic hydroxyl groups excluding tert-OH is 1. The maximum atomic E-state index is 12.2. The molecule has 1 heterocycles. The van der Waals surface area contributed by atoms with E-state index in [0.717, 1.165) is 28.2 Å². The molecule has 4 rings (SSSR count). The summed E-state index contributed by atoms with van der Waals surface area (Å²) in [6, 6.07) is 18.3. The first kappa shape index (κ1) is 26.8. The first-order valence-electron chi connectivity index (χ1n) is 12.6. The summed E-state index contributed by atoms with van der Waals surface area (Å²) in [5.74, 6) is 3.04. The number of amides is 1. The number of fused-ring (bicyclic) bond motifs is 1. The summed E-state index contributed by atoms with van der Waals surface area (Å²) in [4.78, 5) is 12.2. The largest absolute Gasteiger partial charge is 0.494 e. The molecule has 0 radical (unpaired) electrons. The highest BCUT2D eigenvalue weighted by molar-refractivity contribution is 5.83. The van der Waals surface area contributed by atoms with Gasteiger partial charge in [0.1, 0.15) is 12.4 Å². The normalized spacial score (nSPS) is 12.8.